The van der Waals surface area contributed by atoms with Gasteiger partial charge in [0.2, 0.25) is 0 Å². The SMILES string of the molecule is CC(C)(C)C1=C[CH]c2cc(C(C)(C)C)ccc21.[Cl][Zr][Cl]. The van der Waals surface area contributed by atoms with Gasteiger partial charge in [0.1, 0.15) is 0 Å². The maximum absolute atomic E-state index is 4.93. The molecule has 1 aliphatic rings. The number of hydrogen-bond donors (Lipinski definition) is 0. The normalized spacial score (nSPS) is 14.1. The van der Waals surface area contributed by atoms with Crippen molar-refractivity contribution in [2.24, 2.45) is 5.41 Å². The topological polar surface area (TPSA) is 0 Å². The van der Waals surface area contributed by atoms with Crippen LogP contribution in [0.3, 0.4) is 0 Å². The summed E-state index contributed by atoms with van der Waals surface area (Å²) in [5.41, 5.74) is 6.11. The van der Waals surface area contributed by atoms with Crippen molar-refractivity contribution >= 4 is 22.6 Å². The average Bonchev–Trinajstić information content (AvgIpc) is 2.70. The number of rotatable bonds is 0. The number of halogens is 2. The molecular weight excluding hydrogens is 366 g/mol. The molecule has 0 N–H and O–H groups in total. The molecule has 0 fully saturated rings. The van der Waals surface area contributed by atoms with Crippen LogP contribution in [0, 0.1) is 11.8 Å². The summed E-state index contributed by atoms with van der Waals surface area (Å²) < 4.78 is 0. The van der Waals surface area contributed by atoms with Crippen LogP contribution in [0.4, 0.5) is 0 Å². The fraction of sp³-hybridized carbons (Fsp3) is 0.471. The van der Waals surface area contributed by atoms with E-state index in [1.807, 2.05) is 0 Å². The molecule has 1 radical (unpaired) electrons. The third-order valence-electron chi connectivity index (χ3n) is 3.45. The van der Waals surface area contributed by atoms with Gasteiger partial charge in [0, 0.05) is 6.42 Å². The quantitative estimate of drug-likeness (QED) is 0.485. The molecule has 1 aromatic carbocycles. The van der Waals surface area contributed by atoms with Gasteiger partial charge in [-0.25, -0.2) is 0 Å². The van der Waals surface area contributed by atoms with Gasteiger partial charge in [-0.3, -0.25) is 0 Å². The molecule has 0 aromatic heterocycles. The molecule has 0 saturated carbocycles. The Labute approximate surface area is 142 Å². The first-order valence-corrected chi connectivity index (χ1v) is 13.1. The van der Waals surface area contributed by atoms with E-state index in [2.05, 4.69) is 72.2 Å². The van der Waals surface area contributed by atoms with E-state index < -0.39 is 20.8 Å². The molecule has 109 valence electrons. The first kappa shape index (κ1) is 18.5. The molecule has 3 heteroatoms. The summed E-state index contributed by atoms with van der Waals surface area (Å²) in [6.07, 6.45) is 4.53. The van der Waals surface area contributed by atoms with Gasteiger partial charge in [-0.2, -0.15) is 0 Å². The zero-order valence-corrected chi connectivity index (χ0v) is 17.1. The van der Waals surface area contributed by atoms with Gasteiger partial charge in [-0.05, 0) is 33.1 Å². The predicted molar refractivity (Wildman–Crippen MR) is 87.7 cm³/mol. The Hall–Kier alpha value is 0.423. The monoisotopic (exact) mass is 387 g/mol. The number of benzene rings is 1. The molecule has 1 aliphatic carbocycles. The van der Waals surface area contributed by atoms with Crippen LogP contribution in [0.25, 0.3) is 5.57 Å². The fourth-order valence-corrected chi connectivity index (χ4v) is 2.33. The molecule has 0 nitrogen and oxygen atoms in total. The summed E-state index contributed by atoms with van der Waals surface area (Å²) in [6.45, 7) is 13.6. The molecule has 2 rings (SSSR count). The van der Waals surface area contributed by atoms with E-state index in [4.69, 9.17) is 17.0 Å². The Morgan fingerprint density at radius 3 is 1.90 bits per heavy atom. The van der Waals surface area contributed by atoms with Crippen molar-refractivity contribution in [3.05, 3.63) is 47.4 Å². The second kappa shape index (κ2) is 7.12. The van der Waals surface area contributed by atoms with E-state index in [-0.39, 0.29) is 10.8 Å². The van der Waals surface area contributed by atoms with Gasteiger partial charge in [0.15, 0.2) is 0 Å². The first-order chi connectivity index (χ1) is 9.11. The molecule has 0 heterocycles. The standard InChI is InChI=1S/C17H23.2ClH.Zr/c1-16(2,3)13-8-9-14-12(11-13)7-10-15(14)17(4,5)6;;;/h7-11H,1-6H3;2*1H;/q;;;+2/p-2. The third kappa shape index (κ3) is 4.72. The Morgan fingerprint density at radius 1 is 0.900 bits per heavy atom. The number of hydrogen-bond acceptors (Lipinski definition) is 0. The number of fused-ring (bicyclic) bond motifs is 1. The van der Waals surface area contributed by atoms with Crippen LogP contribution in [-0.2, 0) is 26.3 Å². The Kier molecular flexibility index (Phi) is 6.58. The Balaban J connectivity index is 0.000000612. The van der Waals surface area contributed by atoms with Crippen molar-refractivity contribution in [3.8, 4) is 0 Å². The van der Waals surface area contributed by atoms with Crippen molar-refractivity contribution in [3.63, 3.8) is 0 Å². The molecule has 1 aromatic rings. The van der Waals surface area contributed by atoms with Crippen molar-refractivity contribution in [2.45, 2.75) is 47.0 Å². The van der Waals surface area contributed by atoms with Crippen molar-refractivity contribution in [2.75, 3.05) is 0 Å². The van der Waals surface area contributed by atoms with Gasteiger partial charge < -0.3 is 0 Å². The van der Waals surface area contributed by atoms with E-state index in [0.717, 1.165) is 0 Å². The number of allylic oxidation sites excluding steroid dienone is 2. The second-order valence-corrected chi connectivity index (χ2v) is 10.9. The average molecular weight is 390 g/mol. The van der Waals surface area contributed by atoms with Gasteiger partial charge in [-0.15, -0.1) is 0 Å². The van der Waals surface area contributed by atoms with Gasteiger partial charge in [0.25, 0.3) is 0 Å². The van der Waals surface area contributed by atoms with Crippen LogP contribution < -0.4 is 0 Å². The summed E-state index contributed by atoms with van der Waals surface area (Å²) in [6, 6.07) is 6.90. The van der Waals surface area contributed by atoms with E-state index in [0.29, 0.717) is 0 Å². The van der Waals surface area contributed by atoms with Crippen LogP contribution in [0.2, 0.25) is 0 Å². The van der Waals surface area contributed by atoms with Crippen LogP contribution in [0.5, 0.6) is 0 Å². The first-order valence-electron chi connectivity index (χ1n) is 6.78. The molecule has 0 spiro atoms. The van der Waals surface area contributed by atoms with Crippen LogP contribution in [0.1, 0.15) is 58.2 Å². The van der Waals surface area contributed by atoms with E-state index in [1.165, 1.54) is 22.3 Å². The van der Waals surface area contributed by atoms with Crippen LogP contribution >= 0.6 is 17.0 Å². The second-order valence-electron chi connectivity index (χ2n) is 7.12. The van der Waals surface area contributed by atoms with E-state index >= 15 is 0 Å². The molecule has 0 amide bonds. The summed E-state index contributed by atoms with van der Waals surface area (Å²) in [5, 5.41) is 0. The van der Waals surface area contributed by atoms with Gasteiger partial charge in [0.05, 0.1) is 0 Å². The predicted octanol–water partition coefficient (Wildman–Crippen LogP) is 6.36. The van der Waals surface area contributed by atoms with Gasteiger partial charge in [-0.1, -0.05) is 65.8 Å². The zero-order valence-electron chi connectivity index (χ0n) is 13.1. The Morgan fingerprint density at radius 2 is 1.45 bits per heavy atom. The molecule has 0 unspecified atom stereocenters. The van der Waals surface area contributed by atoms with E-state index in [1.54, 1.807) is 0 Å². The summed E-state index contributed by atoms with van der Waals surface area (Å²) in [5.74, 6) is 0. The van der Waals surface area contributed by atoms with E-state index in [9.17, 15) is 0 Å². The van der Waals surface area contributed by atoms with Gasteiger partial charge >= 0.3 is 37.9 Å². The minimum atomic E-state index is -0.826. The molecule has 0 aliphatic heterocycles. The molecule has 0 bridgehead atoms. The molecule has 20 heavy (non-hydrogen) atoms. The zero-order chi connectivity index (χ0) is 15.6. The van der Waals surface area contributed by atoms with Crippen molar-refractivity contribution in [1.82, 2.24) is 0 Å². The van der Waals surface area contributed by atoms with Crippen molar-refractivity contribution in [1.29, 1.82) is 0 Å². The minimum absolute atomic E-state index is 0.227. The summed E-state index contributed by atoms with van der Waals surface area (Å²) in [4.78, 5) is 0. The molecule has 0 saturated heterocycles. The summed E-state index contributed by atoms with van der Waals surface area (Å²) >= 11 is -0.826. The Bertz CT molecular complexity index is 491. The summed E-state index contributed by atoms with van der Waals surface area (Å²) in [7, 11) is 9.87. The van der Waals surface area contributed by atoms with Crippen molar-refractivity contribution < 1.29 is 20.8 Å². The third-order valence-corrected chi connectivity index (χ3v) is 3.45. The molecular formula is C17H23Cl2Zr. The fourth-order valence-electron chi connectivity index (χ4n) is 2.33. The molecule has 0 atom stereocenters. The van der Waals surface area contributed by atoms with Crippen LogP contribution in [0.15, 0.2) is 24.3 Å². The van der Waals surface area contributed by atoms with Crippen LogP contribution in [-0.4, -0.2) is 0 Å². The maximum atomic E-state index is 4.93.